The minimum absolute atomic E-state index is 0.529. The monoisotopic (exact) mass is 675 g/mol. The fourth-order valence-corrected chi connectivity index (χ4v) is 9.44. The van der Waals surface area contributed by atoms with E-state index in [1.807, 2.05) is 158 Å². The normalized spacial score (nSPS) is 11.6. The molecule has 2 aromatic heterocycles. The minimum Gasteiger partial charge on any atom is -0.456 e. The maximum absolute atomic E-state index is 15.4. The molecule has 6 heteroatoms. The molecule has 0 aliphatic carbocycles. The van der Waals surface area contributed by atoms with Crippen LogP contribution in [0.1, 0.15) is 0 Å². The number of para-hydroxylation sites is 1. The van der Waals surface area contributed by atoms with Crippen LogP contribution in [0.25, 0.3) is 67.2 Å². The zero-order chi connectivity index (χ0) is 34.2. The van der Waals surface area contributed by atoms with E-state index in [0.29, 0.717) is 23.1 Å². The van der Waals surface area contributed by atoms with Crippen molar-refractivity contribution in [3.8, 4) is 45.3 Å². The van der Waals surface area contributed by atoms with E-state index in [1.54, 1.807) is 0 Å². The molecule has 0 aliphatic rings. The Morgan fingerprint density at radius 1 is 0.392 bits per heavy atom. The zero-order valence-corrected chi connectivity index (χ0v) is 28.3. The van der Waals surface area contributed by atoms with Crippen molar-refractivity contribution in [1.82, 2.24) is 15.0 Å². The standard InChI is InChI=1S/C45H30N3O2P/c49-51(35-21-9-3-10-22-35,36-23-11-4-12-24-36)37-25-15-20-33(28-37)39-29-34(30-41-42(39)38-26-13-14-27-40(38)50-41)45-47-43(31-16-5-1-6-17-31)46-44(48-45)32-18-7-2-8-19-32/h1-30H. The second kappa shape index (κ2) is 12.8. The molecule has 0 amide bonds. The summed E-state index contributed by atoms with van der Waals surface area (Å²) in [6.45, 7) is 0. The van der Waals surface area contributed by atoms with E-state index in [9.17, 15) is 0 Å². The summed E-state index contributed by atoms with van der Waals surface area (Å²) < 4.78 is 21.9. The van der Waals surface area contributed by atoms with E-state index in [0.717, 1.165) is 60.1 Å². The summed E-state index contributed by atoms with van der Waals surface area (Å²) in [5.74, 6) is 1.69. The average molecular weight is 676 g/mol. The van der Waals surface area contributed by atoms with Crippen LogP contribution in [-0.2, 0) is 4.57 Å². The predicted octanol–water partition coefficient (Wildman–Crippen LogP) is 10.1. The number of aromatic nitrogens is 3. The quantitative estimate of drug-likeness (QED) is 0.157. The highest BCUT2D eigenvalue weighted by Crippen LogP contribution is 2.45. The first kappa shape index (κ1) is 30.6. The van der Waals surface area contributed by atoms with E-state index in [4.69, 9.17) is 19.4 Å². The Balaban J connectivity index is 1.29. The van der Waals surface area contributed by atoms with Crippen LogP contribution in [0.15, 0.2) is 186 Å². The minimum atomic E-state index is -3.23. The van der Waals surface area contributed by atoms with Crippen molar-refractivity contribution >= 4 is 45.0 Å². The molecule has 7 aromatic carbocycles. The Morgan fingerprint density at radius 2 is 0.863 bits per heavy atom. The number of furan rings is 1. The van der Waals surface area contributed by atoms with Crippen LogP contribution < -0.4 is 15.9 Å². The van der Waals surface area contributed by atoms with Crippen LogP contribution in [0.5, 0.6) is 0 Å². The second-order valence-electron chi connectivity index (χ2n) is 12.4. The Morgan fingerprint density at radius 3 is 1.45 bits per heavy atom. The number of hydrogen-bond donors (Lipinski definition) is 0. The third kappa shape index (κ3) is 5.54. The third-order valence-electron chi connectivity index (χ3n) is 9.20. The van der Waals surface area contributed by atoms with Crippen molar-refractivity contribution in [2.24, 2.45) is 0 Å². The molecule has 0 radical (unpaired) electrons. The topological polar surface area (TPSA) is 68.9 Å². The number of rotatable bonds is 7. The average Bonchev–Trinajstić information content (AvgIpc) is 3.60. The predicted molar refractivity (Wildman–Crippen MR) is 208 cm³/mol. The lowest BCUT2D eigenvalue weighted by atomic mass is 9.96. The molecular formula is C45H30N3O2P. The summed E-state index contributed by atoms with van der Waals surface area (Å²) in [6.07, 6.45) is 0. The van der Waals surface area contributed by atoms with Gasteiger partial charge in [-0.25, -0.2) is 15.0 Å². The van der Waals surface area contributed by atoms with Crippen molar-refractivity contribution < 1.29 is 8.98 Å². The highest BCUT2D eigenvalue weighted by atomic mass is 31.2. The zero-order valence-electron chi connectivity index (χ0n) is 27.4. The summed E-state index contributed by atoms with van der Waals surface area (Å²) in [6, 6.07) is 59.7. The molecular weight excluding hydrogens is 645 g/mol. The van der Waals surface area contributed by atoms with Gasteiger partial charge in [-0.3, -0.25) is 0 Å². The maximum Gasteiger partial charge on any atom is 0.171 e. The molecule has 5 nitrogen and oxygen atoms in total. The fraction of sp³-hybridized carbons (Fsp3) is 0. The molecule has 2 heterocycles. The highest BCUT2D eigenvalue weighted by Gasteiger charge is 2.30. The van der Waals surface area contributed by atoms with Crippen molar-refractivity contribution in [2.45, 2.75) is 0 Å². The Labute approximate surface area is 295 Å². The van der Waals surface area contributed by atoms with Crippen LogP contribution in [0, 0.1) is 0 Å². The smallest absolute Gasteiger partial charge is 0.171 e. The number of hydrogen-bond acceptors (Lipinski definition) is 5. The van der Waals surface area contributed by atoms with Gasteiger partial charge in [0, 0.05) is 43.4 Å². The molecule has 0 spiro atoms. The van der Waals surface area contributed by atoms with Gasteiger partial charge in [0.1, 0.15) is 11.2 Å². The van der Waals surface area contributed by atoms with E-state index in [2.05, 4.69) is 24.3 Å². The molecule has 0 fully saturated rings. The van der Waals surface area contributed by atoms with Gasteiger partial charge in [0.2, 0.25) is 0 Å². The molecule has 242 valence electrons. The van der Waals surface area contributed by atoms with Crippen molar-refractivity contribution in [3.05, 3.63) is 182 Å². The van der Waals surface area contributed by atoms with Crippen molar-refractivity contribution in [2.75, 3.05) is 0 Å². The SMILES string of the molecule is O=P(c1ccccc1)(c1ccccc1)c1cccc(-c2cc(-c3nc(-c4ccccc4)nc(-c4ccccc4)n3)cc3oc4ccccc4c23)c1. The summed E-state index contributed by atoms with van der Waals surface area (Å²) in [5, 5.41) is 4.29. The first-order valence-electron chi connectivity index (χ1n) is 16.8. The Hall–Kier alpha value is -6.42. The lowest BCUT2D eigenvalue weighted by molar-refractivity contribution is 0.592. The van der Waals surface area contributed by atoms with Gasteiger partial charge in [-0.05, 0) is 35.4 Å². The Kier molecular flexibility index (Phi) is 7.68. The molecule has 0 bridgehead atoms. The molecule has 9 aromatic rings. The highest BCUT2D eigenvalue weighted by molar-refractivity contribution is 7.85. The van der Waals surface area contributed by atoms with Gasteiger partial charge < -0.3 is 8.98 Å². The van der Waals surface area contributed by atoms with Gasteiger partial charge in [0.05, 0.1) is 0 Å². The van der Waals surface area contributed by atoms with Gasteiger partial charge in [0.15, 0.2) is 24.6 Å². The summed E-state index contributed by atoms with van der Waals surface area (Å²) >= 11 is 0. The van der Waals surface area contributed by atoms with Crippen LogP contribution in [-0.4, -0.2) is 15.0 Å². The van der Waals surface area contributed by atoms with Crippen LogP contribution in [0.4, 0.5) is 0 Å². The molecule has 9 rings (SSSR count). The third-order valence-corrected chi connectivity index (χ3v) is 12.3. The van der Waals surface area contributed by atoms with Gasteiger partial charge in [-0.15, -0.1) is 0 Å². The fourth-order valence-electron chi connectivity index (χ4n) is 6.74. The van der Waals surface area contributed by atoms with E-state index >= 15 is 4.57 Å². The summed E-state index contributed by atoms with van der Waals surface area (Å²) in [7, 11) is -3.23. The lowest BCUT2D eigenvalue weighted by Crippen LogP contribution is -2.25. The Bertz CT molecular complexity index is 2610. The maximum atomic E-state index is 15.4. The van der Waals surface area contributed by atoms with Crippen molar-refractivity contribution in [1.29, 1.82) is 0 Å². The largest absolute Gasteiger partial charge is 0.456 e. The van der Waals surface area contributed by atoms with Gasteiger partial charge in [-0.2, -0.15) is 0 Å². The molecule has 0 unspecified atom stereocenters. The summed E-state index contributed by atoms with van der Waals surface area (Å²) in [5.41, 5.74) is 5.93. The van der Waals surface area contributed by atoms with E-state index in [-0.39, 0.29) is 0 Å². The summed E-state index contributed by atoms with van der Waals surface area (Å²) in [4.78, 5) is 14.9. The van der Waals surface area contributed by atoms with Crippen molar-refractivity contribution in [3.63, 3.8) is 0 Å². The van der Waals surface area contributed by atoms with Gasteiger partial charge in [0.25, 0.3) is 0 Å². The van der Waals surface area contributed by atoms with E-state index < -0.39 is 7.14 Å². The molecule has 0 N–H and O–H groups in total. The first-order valence-corrected chi connectivity index (χ1v) is 18.5. The van der Waals surface area contributed by atoms with Crippen LogP contribution >= 0.6 is 7.14 Å². The van der Waals surface area contributed by atoms with E-state index in [1.165, 1.54) is 0 Å². The van der Waals surface area contributed by atoms with Crippen LogP contribution in [0.2, 0.25) is 0 Å². The van der Waals surface area contributed by atoms with Gasteiger partial charge >= 0.3 is 0 Å². The number of fused-ring (bicyclic) bond motifs is 3. The molecule has 0 saturated carbocycles. The number of nitrogens with zero attached hydrogens (tertiary/aromatic N) is 3. The van der Waals surface area contributed by atoms with Gasteiger partial charge in [-0.1, -0.05) is 158 Å². The lowest BCUT2D eigenvalue weighted by Gasteiger charge is -2.21. The molecule has 51 heavy (non-hydrogen) atoms. The van der Waals surface area contributed by atoms with Crippen LogP contribution in [0.3, 0.4) is 0 Å². The molecule has 0 aliphatic heterocycles. The number of benzene rings is 7. The molecule has 0 atom stereocenters. The first-order chi connectivity index (χ1) is 25.1. The molecule has 0 saturated heterocycles. The second-order valence-corrected chi connectivity index (χ2v) is 15.1.